The molecule has 0 saturated carbocycles. The third-order valence-electron chi connectivity index (χ3n) is 4.41. The second-order valence-corrected chi connectivity index (χ2v) is 6.88. The van der Waals surface area contributed by atoms with Crippen molar-refractivity contribution in [2.75, 3.05) is 6.54 Å². The molecule has 0 spiro atoms. The number of alkyl halides is 3. The van der Waals surface area contributed by atoms with Gasteiger partial charge >= 0.3 is 6.18 Å². The molecule has 1 aromatic heterocycles. The number of nitrogens with zero attached hydrogens (tertiary/aromatic N) is 2. The average molecular weight is 440 g/mol. The molecule has 3 rings (SSSR count). The molecule has 0 bridgehead atoms. The number of aryl methyl sites for hydroxylation is 1. The summed E-state index contributed by atoms with van der Waals surface area (Å²) >= 11 is 5.63. The largest absolute Gasteiger partial charge is 0.494 e. The van der Waals surface area contributed by atoms with Crippen LogP contribution in [0.25, 0.3) is 5.57 Å². The summed E-state index contributed by atoms with van der Waals surface area (Å²) < 4.78 is 46.3. The van der Waals surface area contributed by atoms with Gasteiger partial charge in [0.1, 0.15) is 5.75 Å². The van der Waals surface area contributed by atoms with Crippen molar-refractivity contribution >= 4 is 22.5 Å². The number of hydrogen-bond acceptors (Lipinski definition) is 6. The van der Waals surface area contributed by atoms with E-state index >= 15 is 0 Å². The molecule has 2 heterocycles. The Kier molecular flexibility index (Phi) is 5.62. The number of ether oxygens (including phenoxy) is 1. The van der Waals surface area contributed by atoms with Gasteiger partial charge in [-0.3, -0.25) is 10.8 Å². The van der Waals surface area contributed by atoms with Crippen molar-refractivity contribution in [2.45, 2.75) is 20.0 Å². The van der Waals surface area contributed by atoms with E-state index in [9.17, 15) is 18.3 Å². The first-order valence-corrected chi connectivity index (χ1v) is 9.00. The minimum atomic E-state index is -4.62. The van der Waals surface area contributed by atoms with Crippen LogP contribution >= 0.6 is 11.6 Å². The quantitative estimate of drug-likeness (QED) is 0.423. The van der Waals surface area contributed by atoms with E-state index in [-0.39, 0.29) is 34.1 Å². The van der Waals surface area contributed by atoms with Crippen LogP contribution in [-0.2, 0) is 6.18 Å². The molecule has 1 aliphatic rings. The molecule has 1 aliphatic heterocycles. The lowest BCUT2D eigenvalue weighted by atomic mass is 9.95. The number of halogens is 4. The van der Waals surface area contributed by atoms with Crippen molar-refractivity contribution in [1.82, 2.24) is 15.1 Å². The molecule has 30 heavy (non-hydrogen) atoms. The summed E-state index contributed by atoms with van der Waals surface area (Å²) in [5.74, 6) is -0.567. The predicted octanol–water partition coefficient (Wildman–Crippen LogP) is 4.28. The van der Waals surface area contributed by atoms with E-state index in [1.165, 1.54) is 12.1 Å². The van der Waals surface area contributed by atoms with Gasteiger partial charge in [-0.25, -0.2) is 0 Å². The first kappa shape index (κ1) is 21.4. The Labute approximate surface area is 174 Å². The zero-order valence-electron chi connectivity index (χ0n) is 15.9. The van der Waals surface area contributed by atoms with Crippen LogP contribution < -0.4 is 15.5 Å². The SMILES string of the molecule is CC1=CCNC(O)=C1c1ccc(C(F)(F)F)cc1Oc1cc(C)c(=N)n(C(=N)Cl)n1. The minimum Gasteiger partial charge on any atom is -0.494 e. The van der Waals surface area contributed by atoms with Crippen molar-refractivity contribution < 1.29 is 23.0 Å². The lowest BCUT2D eigenvalue weighted by Gasteiger charge is -2.21. The molecule has 0 amide bonds. The van der Waals surface area contributed by atoms with Gasteiger partial charge in [0.15, 0.2) is 11.4 Å². The number of aliphatic hydroxyl groups excluding tert-OH is 1. The molecule has 7 nitrogen and oxygen atoms in total. The maximum absolute atomic E-state index is 13.3. The normalized spacial score (nSPS) is 14.3. The van der Waals surface area contributed by atoms with E-state index in [1.54, 1.807) is 19.9 Å². The Morgan fingerprint density at radius 2 is 2.00 bits per heavy atom. The van der Waals surface area contributed by atoms with E-state index in [0.29, 0.717) is 17.7 Å². The summed E-state index contributed by atoms with van der Waals surface area (Å²) in [6.07, 6.45) is -2.84. The number of nitrogens with one attached hydrogen (secondary N) is 3. The molecule has 0 atom stereocenters. The van der Waals surface area contributed by atoms with Gasteiger partial charge in [-0.2, -0.15) is 17.9 Å². The smallest absolute Gasteiger partial charge is 0.416 e. The molecule has 11 heteroatoms. The summed E-state index contributed by atoms with van der Waals surface area (Å²) in [5.41, 5.74) is 0.386. The van der Waals surface area contributed by atoms with E-state index in [4.69, 9.17) is 27.2 Å². The molecule has 2 aromatic rings. The molecule has 158 valence electrons. The van der Waals surface area contributed by atoms with Crippen molar-refractivity contribution in [3.63, 3.8) is 0 Å². The fourth-order valence-corrected chi connectivity index (χ4v) is 3.03. The van der Waals surface area contributed by atoms with Crippen LogP contribution in [0.1, 0.15) is 23.6 Å². The topological polar surface area (TPSA) is 107 Å². The minimum absolute atomic E-state index is 0.165. The average Bonchev–Trinajstić information content (AvgIpc) is 2.64. The molecule has 0 radical (unpaired) electrons. The maximum atomic E-state index is 13.3. The van der Waals surface area contributed by atoms with Crippen LogP contribution in [0.4, 0.5) is 13.2 Å². The molecule has 0 saturated heterocycles. The van der Waals surface area contributed by atoms with E-state index in [2.05, 4.69) is 10.4 Å². The molecular formula is C19H17ClF3N5O2. The Balaban J connectivity index is 2.19. The lowest BCUT2D eigenvalue weighted by Crippen LogP contribution is -2.28. The number of rotatable bonds is 3. The fourth-order valence-electron chi connectivity index (χ4n) is 2.91. The van der Waals surface area contributed by atoms with Gasteiger partial charge in [0, 0.05) is 23.7 Å². The van der Waals surface area contributed by atoms with Gasteiger partial charge in [0.2, 0.25) is 11.2 Å². The highest BCUT2D eigenvalue weighted by atomic mass is 35.5. The third kappa shape index (κ3) is 4.18. The summed E-state index contributed by atoms with van der Waals surface area (Å²) in [7, 11) is 0. The molecular weight excluding hydrogens is 423 g/mol. The van der Waals surface area contributed by atoms with E-state index in [0.717, 1.165) is 16.8 Å². The molecule has 4 N–H and O–H groups in total. The Bertz CT molecular complexity index is 1150. The van der Waals surface area contributed by atoms with Crippen molar-refractivity contribution in [3.05, 3.63) is 64.0 Å². The maximum Gasteiger partial charge on any atom is 0.416 e. The Morgan fingerprint density at radius 3 is 2.60 bits per heavy atom. The molecule has 0 unspecified atom stereocenters. The van der Waals surface area contributed by atoms with Gasteiger partial charge in [-0.15, -0.1) is 5.10 Å². The van der Waals surface area contributed by atoms with Crippen LogP contribution in [0.5, 0.6) is 11.6 Å². The number of allylic oxidation sites excluding steroid dienone is 2. The Morgan fingerprint density at radius 1 is 1.30 bits per heavy atom. The summed E-state index contributed by atoms with van der Waals surface area (Å²) in [6, 6.07) is 4.25. The standard InChI is InChI=1S/C19H17ClF3N5O2/c1-9-5-6-26-17(29)15(9)12-4-3-11(19(21,22)23)8-13(12)30-14-7-10(2)16(24)28(27-14)18(20)25/h3-5,7-8,24-26,29H,6H2,1-2H3. The number of aliphatic hydroxyl groups is 1. The highest BCUT2D eigenvalue weighted by Gasteiger charge is 2.32. The summed E-state index contributed by atoms with van der Waals surface area (Å²) in [5, 5.41) is 31.7. The van der Waals surface area contributed by atoms with Gasteiger partial charge in [-0.1, -0.05) is 6.08 Å². The van der Waals surface area contributed by atoms with E-state index in [1.807, 2.05) is 0 Å². The van der Waals surface area contributed by atoms with Crippen LogP contribution in [0, 0.1) is 17.7 Å². The second kappa shape index (κ2) is 7.86. The third-order valence-corrected chi connectivity index (χ3v) is 4.57. The Hall–Kier alpha value is -3.27. The molecule has 0 fully saturated rings. The van der Waals surface area contributed by atoms with Crippen molar-refractivity contribution in [1.29, 1.82) is 10.8 Å². The van der Waals surface area contributed by atoms with Gasteiger partial charge in [-0.05, 0) is 54.8 Å². The monoisotopic (exact) mass is 439 g/mol. The highest BCUT2D eigenvalue weighted by Crippen LogP contribution is 2.39. The van der Waals surface area contributed by atoms with Crippen LogP contribution in [0.3, 0.4) is 0 Å². The van der Waals surface area contributed by atoms with Crippen LogP contribution in [-0.4, -0.2) is 26.7 Å². The number of benzene rings is 1. The lowest BCUT2D eigenvalue weighted by molar-refractivity contribution is -0.137. The zero-order chi connectivity index (χ0) is 22.2. The number of aromatic nitrogens is 2. The summed E-state index contributed by atoms with van der Waals surface area (Å²) in [6.45, 7) is 3.64. The van der Waals surface area contributed by atoms with Crippen LogP contribution in [0.2, 0.25) is 0 Å². The first-order chi connectivity index (χ1) is 14.0. The molecule has 0 aliphatic carbocycles. The van der Waals surface area contributed by atoms with Gasteiger partial charge < -0.3 is 15.2 Å². The van der Waals surface area contributed by atoms with E-state index < -0.39 is 17.0 Å². The highest BCUT2D eigenvalue weighted by molar-refractivity contribution is 6.64. The predicted molar refractivity (Wildman–Crippen MR) is 105 cm³/mol. The first-order valence-electron chi connectivity index (χ1n) is 8.62. The zero-order valence-corrected chi connectivity index (χ0v) is 16.6. The second-order valence-electron chi connectivity index (χ2n) is 6.52. The van der Waals surface area contributed by atoms with Crippen LogP contribution in [0.15, 0.2) is 41.8 Å². The number of dihydropyridines is 1. The summed E-state index contributed by atoms with van der Waals surface area (Å²) in [4.78, 5) is 0. The van der Waals surface area contributed by atoms with Crippen molar-refractivity contribution in [3.8, 4) is 11.6 Å². The fraction of sp³-hybridized carbons (Fsp3) is 0.211. The number of hydrogen-bond donors (Lipinski definition) is 4. The van der Waals surface area contributed by atoms with Gasteiger partial charge in [0.05, 0.1) is 5.56 Å². The van der Waals surface area contributed by atoms with Crippen molar-refractivity contribution in [2.24, 2.45) is 0 Å². The molecule has 1 aromatic carbocycles. The van der Waals surface area contributed by atoms with Gasteiger partial charge in [0.25, 0.3) is 0 Å².